The minimum absolute atomic E-state index is 0.186. The van der Waals surface area contributed by atoms with Gasteiger partial charge < -0.3 is 5.32 Å². The number of rotatable bonds is 2. The number of hydrogen-bond acceptors (Lipinski definition) is 4. The van der Waals surface area contributed by atoms with E-state index in [2.05, 4.69) is 15.3 Å². The van der Waals surface area contributed by atoms with Gasteiger partial charge in [0.05, 0.1) is 0 Å². The molecule has 0 fully saturated rings. The first-order valence-electron chi connectivity index (χ1n) is 3.97. The van der Waals surface area contributed by atoms with E-state index in [0.717, 1.165) is 4.57 Å². The second kappa shape index (κ2) is 3.42. The summed E-state index contributed by atoms with van der Waals surface area (Å²) in [5.41, 5.74) is -0.984. The average molecular weight is 184 g/mol. The molecule has 2 N–H and O–H groups in total. The summed E-state index contributed by atoms with van der Waals surface area (Å²) in [4.78, 5) is 28.6. The normalized spacial score (nSPS) is 10.5. The number of H-pyrrole nitrogens is 1. The van der Waals surface area contributed by atoms with Crippen molar-refractivity contribution in [3.05, 3.63) is 21.0 Å². The Hall–Kier alpha value is -1.59. The lowest BCUT2D eigenvalue weighted by Crippen LogP contribution is -2.38. The maximum Gasteiger partial charge on any atom is 0.355 e. The van der Waals surface area contributed by atoms with E-state index in [1.54, 1.807) is 20.9 Å². The number of nitrogens with zero attached hydrogens (tertiary/aromatic N) is 2. The summed E-state index contributed by atoms with van der Waals surface area (Å²) in [6, 6.07) is -0.186. The Morgan fingerprint density at radius 3 is 2.46 bits per heavy atom. The van der Waals surface area contributed by atoms with E-state index in [1.165, 1.54) is 0 Å². The Balaban J connectivity index is 3.41. The van der Waals surface area contributed by atoms with Crippen LogP contribution >= 0.6 is 0 Å². The molecule has 0 spiro atoms. The van der Waals surface area contributed by atoms with E-state index in [9.17, 15) is 9.59 Å². The smallest absolute Gasteiger partial charge is 0.355 e. The SMILES string of the molecule is CNc1nc(=O)n(C(C)C)c(=O)[nH]1. The zero-order valence-corrected chi connectivity index (χ0v) is 7.79. The quantitative estimate of drug-likeness (QED) is 0.652. The van der Waals surface area contributed by atoms with Crippen molar-refractivity contribution in [2.75, 3.05) is 12.4 Å². The molecule has 0 bridgehead atoms. The van der Waals surface area contributed by atoms with Crippen LogP contribution in [0.1, 0.15) is 19.9 Å². The summed E-state index contributed by atoms with van der Waals surface area (Å²) >= 11 is 0. The summed E-state index contributed by atoms with van der Waals surface area (Å²) in [5.74, 6) is 0.187. The fraction of sp³-hybridized carbons (Fsp3) is 0.571. The molecule has 1 aromatic rings. The number of aromatic amines is 1. The third-order valence-corrected chi connectivity index (χ3v) is 1.61. The topological polar surface area (TPSA) is 79.8 Å². The van der Waals surface area contributed by atoms with Gasteiger partial charge in [0.25, 0.3) is 0 Å². The summed E-state index contributed by atoms with van der Waals surface area (Å²) in [6.45, 7) is 3.49. The lowest BCUT2D eigenvalue weighted by molar-refractivity contribution is 0.530. The first kappa shape index (κ1) is 9.50. The van der Waals surface area contributed by atoms with Crippen molar-refractivity contribution in [2.24, 2.45) is 0 Å². The number of anilines is 1. The van der Waals surface area contributed by atoms with Gasteiger partial charge in [0, 0.05) is 13.1 Å². The molecule has 0 radical (unpaired) electrons. The Morgan fingerprint density at radius 1 is 1.46 bits per heavy atom. The van der Waals surface area contributed by atoms with E-state index >= 15 is 0 Å². The molecule has 1 heterocycles. The van der Waals surface area contributed by atoms with Crippen molar-refractivity contribution in [1.29, 1.82) is 0 Å². The van der Waals surface area contributed by atoms with Crippen LogP contribution in [-0.4, -0.2) is 21.6 Å². The predicted molar refractivity (Wildman–Crippen MR) is 49.0 cm³/mol. The number of aromatic nitrogens is 3. The van der Waals surface area contributed by atoms with Gasteiger partial charge in [0.15, 0.2) is 0 Å². The molecular formula is C7H12N4O2. The van der Waals surface area contributed by atoms with E-state index < -0.39 is 11.4 Å². The molecule has 0 aliphatic rings. The molecule has 0 unspecified atom stereocenters. The fourth-order valence-electron chi connectivity index (χ4n) is 1.000. The lowest BCUT2D eigenvalue weighted by Gasteiger charge is -2.07. The van der Waals surface area contributed by atoms with Gasteiger partial charge in [0.1, 0.15) is 0 Å². The highest BCUT2D eigenvalue weighted by molar-refractivity contribution is 5.18. The molecule has 0 atom stereocenters. The molecule has 0 aromatic carbocycles. The molecule has 0 aliphatic heterocycles. The maximum atomic E-state index is 11.3. The van der Waals surface area contributed by atoms with Crippen LogP contribution in [0.3, 0.4) is 0 Å². The molecule has 0 saturated carbocycles. The second-order valence-corrected chi connectivity index (χ2v) is 2.89. The molecule has 1 aromatic heterocycles. The van der Waals surface area contributed by atoms with Gasteiger partial charge in [-0.05, 0) is 13.8 Å². The minimum atomic E-state index is -0.539. The van der Waals surface area contributed by atoms with Gasteiger partial charge >= 0.3 is 11.4 Å². The second-order valence-electron chi connectivity index (χ2n) is 2.89. The van der Waals surface area contributed by atoms with Gasteiger partial charge in [-0.15, -0.1) is 0 Å². The van der Waals surface area contributed by atoms with Crippen LogP contribution in [0.15, 0.2) is 9.59 Å². The molecule has 6 nitrogen and oxygen atoms in total. The highest BCUT2D eigenvalue weighted by Gasteiger charge is 2.07. The third kappa shape index (κ3) is 1.77. The molecule has 13 heavy (non-hydrogen) atoms. The summed E-state index contributed by atoms with van der Waals surface area (Å²) < 4.78 is 1.06. The summed E-state index contributed by atoms with van der Waals surface area (Å²) in [5, 5.41) is 2.59. The van der Waals surface area contributed by atoms with Crippen molar-refractivity contribution in [1.82, 2.24) is 14.5 Å². The maximum absolute atomic E-state index is 11.3. The van der Waals surface area contributed by atoms with Crippen LogP contribution in [-0.2, 0) is 0 Å². The molecule has 1 rings (SSSR count). The monoisotopic (exact) mass is 184 g/mol. The van der Waals surface area contributed by atoms with Crippen molar-refractivity contribution in [3.8, 4) is 0 Å². The third-order valence-electron chi connectivity index (χ3n) is 1.61. The van der Waals surface area contributed by atoms with Gasteiger partial charge in [-0.2, -0.15) is 4.98 Å². The summed E-state index contributed by atoms with van der Waals surface area (Å²) in [6.07, 6.45) is 0. The summed E-state index contributed by atoms with van der Waals surface area (Å²) in [7, 11) is 1.58. The average Bonchev–Trinajstić information content (AvgIpc) is 2.02. The van der Waals surface area contributed by atoms with Gasteiger partial charge in [-0.3, -0.25) is 4.98 Å². The largest absolute Gasteiger partial charge is 0.359 e. The van der Waals surface area contributed by atoms with E-state index in [4.69, 9.17) is 0 Å². The van der Waals surface area contributed by atoms with E-state index in [1.807, 2.05) is 0 Å². The van der Waals surface area contributed by atoms with Gasteiger partial charge in [-0.1, -0.05) is 0 Å². The Labute approximate surface area is 74.6 Å². The van der Waals surface area contributed by atoms with E-state index in [-0.39, 0.29) is 12.0 Å². The molecule has 0 saturated heterocycles. The number of nitrogens with one attached hydrogen (secondary N) is 2. The van der Waals surface area contributed by atoms with Crippen LogP contribution in [0.5, 0.6) is 0 Å². The first-order chi connectivity index (χ1) is 6.06. The predicted octanol–water partition coefficient (Wildman–Crippen LogP) is -0.446. The molecule has 72 valence electrons. The van der Waals surface area contributed by atoms with Crippen LogP contribution in [0.25, 0.3) is 0 Å². The zero-order chi connectivity index (χ0) is 10.0. The minimum Gasteiger partial charge on any atom is -0.359 e. The van der Waals surface area contributed by atoms with Gasteiger partial charge in [0.2, 0.25) is 5.95 Å². The highest BCUT2D eigenvalue weighted by atomic mass is 16.2. The van der Waals surface area contributed by atoms with E-state index in [0.29, 0.717) is 0 Å². The number of hydrogen-bond donors (Lipinski definition) is 2. The van der Waals surface area contributed by atoms with Crippen LogP contribution in [0.4, 0.5) is 5.95 Å². The molecular weight excluding hydrogens is 172 g/mol. The van der Waals surface area contributed by atoms with Crippen molar-refractivity contribution >= 4 is 5.95 Å². The van der Waals surface area contributed by atoms with Gasteiger partial charge in [-0.25, -0.2) is 14.2 Å². The first-order valence-corrected chi connectivity index (χ1v) is 3.97. The molecule has 0 aliphatic carbocycles. The van der Waals surface area contributed by atoms with Crippen molar-refractivity contribution in [2.45, 2.75) is 19.9 Å². The Morgan fingerprint density at radius 2 is 2.08 bits per heavy atom. The van der Waals surface area contributed by atoms with Crippen LogP contribution in [0, 0.1) is 0 Å². The molecule has 0 amide bonds. The Bertz CT molecular complexity index is 372. The highest BCUT2D eigenvalue weighted by Crippen LogP contribution is 1.93. The fourth-order valence-corrected chi connectivity index (χ4v) is 1.000. The lowest BCUT2D eigenvalue weighted by atomic mass is 10.4. The van der Waals surface area contributed by atoms with Crippen LogP contribution in [0.2, 0.25) is 0 Å². The van der Waals surface area contributed by atoms with Crippen LogP contribution < -0.4 is 16.7 Å². The zero-order valence-electron chi connectivity index (χ0n) is 7.79. The Kier molecular flexibility index (Phi) is 2.50. The molecule has 6 heteroatoms. The van der Waals surface area contributed by atoms with Crippen molar-refractivity contribution in [3.63, 3.8) is 0 Å². The van der Waals surface area contributed by atoms with Crippen molar-refractivity contribution < 1.29 is 0 Å². The standard InChI is InChI=1S/C7H12N4O2/c1-4(2)11-6(12)9-5(8-3)10-7(11)13/h4H,1-3H3,(H2,8,9,10,12,13).